The molecule has 0 bridgehead atoms. The Morgan fingerprint density at radius 3 is 2.78 bits per heavy atom. The molecular weight excluding hydrogens is 132 g/mol. The molecule has 0 spiro atoms. The molecule has 52 valence electrons. The Kier molecular flexibility index (Phi) is 4.32. The summed E-state index contributed by atoms with van der Waals surface area (Å²) < 4.78 is 5.16. The fraction of sp³-hybridized carbons (Fsp3) is 0.571. The van der Waals surface area contributed by atoms with Crippen molar-refractivity contribution in [2.24, 2.45) is 0 Å². The molecule has 0 saturated heterocycles. The summed E-state index contributed by atoms with van der Waals surface area (Å²) in [7, 11) is 0. The summed E-state index contributed by atoms with van der Waals surface area (Å²) in [5.74, 6) is 0. The van der Waals surface area contributed by atoms with Gasteiger partial charge in [-0.15, -0.1) is 0 Å². The topological polar surface area (TPSA) is 9.23 Å². The minimum absolute atomic E-state index is 0.218. The normalized spacial score (nSPS) is 12.2. The molecule has 0 aromatic carbocycles. The van der Waals surface area contributed by atoms with E-state index in [2.05, 4.69) is 13.5 Å². The molecule has 0 rings (SSSR count). The van der Waals surface area contributed by atoms with Gasteiger partial charge in [-0.3, -0.25) is 0 Å². The highest BCUT2D eigenvalue weighted by Crippen LogP contribution is 1.97. The largest absolute Gasteiger partial charge is 0.480 e. The molecule has 0 aliphatic heterocycles. The molecule has 0 aliphatic rings. The highest BCUT2D eigenvalue weighted by Gasteiger charge is 1.98. The predicted octanol–water partition coefficient (Wildman–Crippen LogP) is 2.31. The van der Waals surface area contributed by atoms with Gasteiger partial charge in [-0.2, -0.15) is 0 Å². The van der Waals surface area contributed by atoms with Crippen LogP contribution >= 0.6 is 12.2 Å². The molecule has 0 amide bonds. The van der Waals surface area contributed by atoms with E-state index in [1.807, 2.05) is 6.92 Å². The molecule has 0 aromatic heterocycles. The third-order valence-electron chi connectivity index (χ3n) is 1.06. The van der Waals surface area contributed by atoms with E-state index in [0.29, 0.717) is 5.05 Å². The fourth-order valence-electron chi connectivity index (χ4n) is 0.330. The Morgan fingerprint density at radius 2 is 2.44 bits per heavy atom. The molecule has 0 fully saturated rings. The Balaban J connectivity index is 3.46. The lowest BCUT2D eigenvalue weighted by Crippen LogP contribution is -2.09. The van der Waals surface area contributed by atoms with Crippen LogP contribution in [0, 0.1) is 0 Å². The number of ether oxygens (including phenoxy) is 1. The van der Waals surface area contributed by atoms with E-state index in [9.17, 15) is 0 Å². The van der Waals surface area contributed by atoms with Gasteiger partial charge in [0.1, 0.15) is 0 Å². The zero-order valence-electron chi connectivity index (χ0n) is 5.89. The van der Waals surface area contributed by atoms with Gasteiger partial charge in [0.15, 0.2) is 5.05 Å². The number of hydrogen-bond acceptors (Lipinski definition) is 2. The highest BCUT2D eigenvalue weighted by atomic mass is 32.1. The van der Waals surface area contributed by atoms with Crippen molar-refractivity contribution in [1.29, 1.82) is 0 Å². The highest BCUT2D eigenvalue weighted by molar-refractivity contribution is 7.80. The van der Waals surface area contributed by atoms with Gasteiger partial charge in [0.2, 0.25) is 0 Å². The van der Waals surface area contributed by atoms with Crippen molar-refractivity contribution < 1.29 is 4.74 Å². The van der Waals surface area contributed by atoms with Crippen LogP contribution in [0.3, 0.4) is 0 Å². The third kappa shape index (κ3) is 4.15. The fourth-order valence-corrected chi connectivity index (χ4v) is 0.494. The van der Waals surface area contributed by atoms with Gasteiger partial charge in [-0.25, -0.2) is 0 Å². The smallest absolute Gasteiger partial charge is 0.183 e. The van der Waals surface area contributed by atoms with Crippen LogP contribution in [0.25, 0.3) is 0 Å². The number of rotatable bonds is 3. The van der Waals surface area contributed by atoms with Crippen molar-refractivity contribution in [2.45, 2.75) is 26.4 Å². The molecule has 0 N–H and O–H groups in total. The summed E-state index contributed by atoms with van der Waals surface area (Å²) in [5.41, 5.74) is 0. The van der Waals surface area contributed by atoms with Crippen molar-refractivity contribution in [3.05, 3.63) is 12.7 Å². The summed E-state index contributed by atoms with van der Waals surface area (Å²) in [6.07, 6.45) is 2.74. The zero-order chi connectivity index (χ0) is 7.28. The van der Waals surface area contributed by atoms with Gasteiger partial charge < -0.3 is 4.74 Å². The second kappa shape index (κ2) is 4.50. The maximum absolute atomic E-state index is 5.16. The van der Waals surface area contributed by atoms with Gasteiger partial charge in [0.25, 0.3) is 0 Å². The lowest BCUT2D eigenvalue weighted by atomic mass is 10.3. The van der Waals surface area contributed by atoms with Crippen LogP contribution < -0.4 is 0 Å². The third-order valence-corrected chi connectivity index (χ3v) is 1.32. The number of thiocarbonyl (C=S) groups is 1. The van der Waals surface area contributed by atoms with Gasteiger partial charge >= 0.3 is 0 Å². The molecule has 1 nitrogen and oxygen atoms in total. The second-order valence-electron chi connectivity index (χ2n) is 1.86. The van der Waals surface area contributed by atoms with Crippen LogP contribution in [-0.4, -0.2) is 11.2 Å². The first-order valence-electron chi connectivity index (χ1n) is 3.03. The summed E-state index contributed by atoms with van der Waals surface area (Å²) in [5, 5.41) is 0.490. The lowest BCUT2D eigenvalue weighted by Gasteiger charge is -2.09. The quantitative estimate of drug-likeness (QED) is 0.444. The summed E-state index contributed by atoms with van der Waals surface area (Å²) in [4.78, 5) is 0. The van der Waals surface area contributed by atoms with E-state index in [1.165, 1.54) is 0 Å². The van der Waals surface area contributed by atoms with Gasteiger partial charge in [0.05, 0.1) is 6.10 Å². The molecule has 2 heteroatoms. The van der Waals surface area contributed by atoms with Crippen molar-refractivity contribution in [2.75, 3.05) is 0 Å². The van der Waals surface area contributed by atoms with Crippen LogP contribution in [-0.2, 0) is 4.74 Å². The number of hydrogen-bond donors (Lipinski definition) is 0. The summed E-state index contributed by atoms with van der Waals surface area (Å²) in [6, 6.07) is 0. The van der Waals surface area contributed by atoms with Crippen molar-refractivity contribution in [3.63, 3.8) is 0 Å². The molecule has 0 saturated carbocycles. The Morgan fingerprint density at radius 1 is 1.89 bits per heavy atom. The first-order valence-corrected chi connectivity index (χ1v) is 3.44. The van der Waals surface area contributed by atoms with Gasteiger partial charge in [-0.05, 0) is 31.6 Å². The lowest BCUT2D eigenvalue weighted by molar-refractivity contribution is 0.212. The Labute approximate surface area is 61.7 Å². The monoisotopic (exact) mass is 144 g/mol. The first-order chi connectivity index (χ1) is 4.20. The SMILES string of the molecule is C=CC(=S)OC(C)CC. The van der Waals surface area contributed by atoms with E-state index >= 15 is 0 Å². The minimum atomic E-state index is 0.218. The molecular formula is C7H12OS. The molecule has 9 heavy (non-hydrogen) atoms. The maximum Gasteiger partial charge on any atom is 0.183 e. The molecule has 0 radical (unpaired) electrons. The van der Waals surface area contributed by atoms with Crippen LogP contribution in [0.1, 0.15) is 20.3 Å². The van der Waals surface area contributed by atoms with E-state index in [0.717, 1.165) is 6.42 Å². The zero-order valence-corrected chi connectivity index (χ0v) is 6.70. The average molecular weight is 144 g/mol. The Bertz CT molecular complexity index is 109. The van der Waals surface area contributed by atoms with Crippen molar-refractivity contribution in [3.8, 4) is 0 Å². The van der Waals surface area contributed by atoms with Crippen LogP contribution in [0.5, 0.6) is 0 Å². The van der Waals surface area contributed by atoms with E-state index < -0.39 is 0 Å². The van der Waals surface area contributed by atoms with Gasteiger partial charge in [-0.1, -0.05) is 13.5 Å². The Hall–Kier alpha value is -0.370. The van der Waals surface area contributed by atoms with Crippen LogP contribution in [0.15, 0.2) is 12.7 Å². The summed E-state index contributed by atoms with van der Waals surface area (Å²) in [6.45, 7) is 7.52. The average Bonchev–Trinajstić information content (AvgIpc) is 1.87. The minimum Gasteiger partial charge on any atom is -0.480 e. The molecule has 1 unspecified atom stereocenters. The molecule has 0 aromatic rings. The van der Waals surface area contributed by atoms with Crippen molar-refractivity contribution >= 4 is 17.3 Å². The van der Waals surface area contributed by atoms with Crippen LogP contribution in [0.2, 0.25) is 0 Å². The molecule has 1 atom stereocenters. The van der Waals surface area contributed by atoms with Crippen molar-refractivity contribution in [1.82, 2.24) is 0 Å². The molecule has 0 heterocycles. The maximum atomic E-state index is 5.16. The van der Waals surface area contributed by atoms with E-state index in [-0.39, 0.29) is 6.10 Å². The predicted molar refractivity (Wildman–Crippen MR) is 43.6 cm³/mol. The summed E-state index contributed by atoms with van der Waals surface area (Å²) >= 11 is 4.76. The second-order valence-corrected chi connectivity index (χ2v) is 2.26. The first kappa shape index (κ1) is 8.63. The van der Waals surface area contributed by atoms with E-state index in [1.54, 1.807) is 6.08 Å². The molecule has 0 aliphatic carbocycles. The van der Waals surface area contributed by atoms with Gasteiger partial charge in [0, 0.05) is 0 Å². The van der Waals surface area contributed by atoms with E-state index in [4.69, 9.17) is 17.0 Å². The van der Waals surface area contributed by atoms with Crippen LogP contribution in [0.4, 0.5) is 0 Å². The standard InChI is InChI=1S/C7H12OS/c1-4-6(3)8-7(9)5-2/h5-6H,2,4H2,1,3H3.